The predicted molar refractivity (Wildman–Crippen MR) is 105 cm³/mol. The van der Waals surface area contributed by atoms with E-state index in [1.54, 1.807) is 0 Å². The van der Waals surface area contributed by atoms with E-state index >= 15 is 0 Å². The third kappa shape index (κ3) is 3.43. The van der Waals surface area contributed by atoms with E-state index in [4.69, 9.17) is 15.5 Å². The van der Waals surface area contributed by atoms with Crippen molar-refractivity contribution in [2.75, 3.05) is 36.5 Å². The van der Waals surface area contributed by atoms with E-state index in [1.165, 1.54) is 0 Å². The van der Waals surface area contributed by atoms with Crippen LogP contribution < -0.4 is 16.0 Å². The molecular weight excluding hydrogens is 330 g/mol. The number of benzene rings is 2. The molecule has 4 rings (SSSR count). The molecule has 136 valence electrons. The van der Waals surface area contributed by atoms with Gasteiger partial charge >= 0.3 is 6.03 Å². The van der Waals surface area contributed by atoms with Crippen molar-refractivity contribution in [3.05, 3.63) is 48.7 Å². The average Bonchev–Trinajstić information content (AvgIpc) is 2.68. The number of amides is 2. The van der Waals surface area contributed by atoms with Crippen LogP contribution in [0.5, 0.6) is 0 Å². The number of rotatable bonds is 3. The van der Waals surface area contributed by atoms with Gasteiger partial charge in [0.25, 0.3) is 0 Å². The Kier molecular flexibility index (Phi) is 4.37. The monoisotopic (exact) mass is 353 g/mol. The van der Waals surface area contributed by atoms with Crippen molar-refractivity contribution in [1.29, 1.82) is 0 Å². The van der Waals surface area contributed by atoms with Crippen LogP contribution in [0, 0.1) is 0 Å². The Labute approximate surface area is 153 Å². The summed E-state index contributed by atoms with van der Waals surface area (Å²) >= 11 is 0. The molecule has 0 radical (unpaired) electrons. The van der Waals surface area contributed by atoms with Gasteiger partial charge in [-0.25, -0.2) is 9.78 Å². The molecule has 2 aromatic carbocycles. The van der Waals surface area contributed by atoms with Crippen LogP contribution >= 0.6 is 0 Å². The number of morpholine rings is 1. The Morgan fingerprint density at radius 2 is 1.81 bits per heavy atom. The van der Waals surface area contributed by atoms with Gasteiger partial charge < -0.3 is 20.7 Å². The van der Waals surface area contributed by atoms with Crippen LogP contribution in [0.4, 0.5) is 16.3 Å². The fourth-order valence-electron chi connectivity index (χ4n) is 3.01. The molecule has 0 spiro atoms. The molecule has 0 bridgehead atoms. The molecule has 1 aliphatic heterocycles. The summed E-state index contributed by atoms with van der Waals surface area (Å²) in [5.74, 6) is 0.874. The number of primary amides is 1. The summed E-state index contributed by atoms with van der Waals surface area (Å²) in [6, 6.07) is 13.0. The molecule has 0 unspecified atom stereocenters. The van der Waals surface area contributed by atoms with Gasteiger partial charge in [0.2, 0.25) is 0 Å². The van der Waals surface area contributed by atoms with Gasteiger partial charge in [-0.05, 0) is 35.4 Å². The zero-order chi connectivity index (χ0) is 17.9. The van der Waals surface area contributed by atoms with Gasteiger partial charge in [-0.1, -0.05) is 18.2 Å². The predicted octanol–water partition coefficient (Wildman–Crippen LogP) is 3.12. The Morgan fingerprint density at radius 3 is 2.54 bits per heavy atom. The lowest BCUT2D eigenvalue weighted by atomic mass is 10.0. The lowest BCUT2D eigenvalue weighted by Crippen LogP contribution is -2.36. The second kappa shape index (κ2) is 6.97. The Bertz CT molecular complexity index is 947. The van der Waals surface area contributed by atoms with Crippen molar-refractivity contribution >= 4 is 28.6 Å². The lowest BCUT2D eigenvalue weighted by Gasteiger charge is -2.27. The quantitative estimate of drug-likeness (QED) is 0.754. The summed E-state index contributed by atoms with van der Waals surface area (Å²) in [5.41, 5.74) is 9.58. The van der Waals surface area contributed by atoms with Crippen LogP contribution in [0.1, 0.15) is 2.85 Å². The number of nitrogens with two attached hydrogens (primary N) is 1. The Balaban J connectivity index is 0.00000140. The molecule has 1 saturated heterocycles. The molecular formula is C19H23N5O2. The van der Waals surface area contributed by atoms with Gasteiger partial charge in [-0.15, -0.1) is 0 Å². The first-order valence-corrected chi connectivity index (χ1v) is 8.45. The van der Waals surface area contributed by atoms with Crippen LogP contribution in [0.2, 0.25) is 0 Å². The standard InChI is InChI=1S/C19H19N5O2.2H2/c20-19(25)22-15-4-1-13(2-5-15)14-3-6-16-17(11-14)23-18(12-21-16)24-7-9-26-10-8-24;;/h1-6,11-12H,7-10H2,(H3,20,22,25);2*1H. The molecule has 3 N–H and O–H groups in total. The van der Waals surface area contributed by atoms with Crippen molar-refractivity contribution in [2.24, 2.45) is 5.73 Å². The highest BCUT2D eigenvalue weighted by Crippen LogP contribution is 2.25. The maximum atomic E-state index is 10.9. The molecule has 1 aliphatic rings. The summed E-state index contributed by atoms with van der Waals surface area (Å²) in [6.45, 7) is 3.08. The van der Waals surface area contributed by atoms with Crippen molar-refractivity contribution in [3.8, 4) is 11.1 Å². The summed E-state index contributed by atoms with van der Waals surface area (Å²) in [4.78, 5) is 22.4. The first-order chi connectivity index (χ1) is 12.7. The Hall–Kier alpha value is -3.19. The van der Waals surface area contributed by atoms with Gasteiger partial charge in [-0.2, -0.15) is 0 Å². The number of urea groups is 1. The summed E-state index contributed by atoms with van der Waals surface area (Å²) in [6.07, 6.45) is 1.82. The third-order valence-electron chi connectivity index (χ3n) is 4.35. The van der Waals surface area contributed by atoms with Gasteiger partial charge in [-0.3, -0.25) is 4.98 Å². The van der Waals surface area contributed by atoms with E-state index in [1.807, 2.05) is 48.7 Å². The number of nitrogens with zero attached hydrogens (tertiary/aromatic N) is 3. The van der Waals surface area contributed by atoms with Gasteiger partial charge in [0.15, 0.2) is 0 Å². The van der Waals surface area contributed by atoms with Gasteiger partial charge in [0.1, 0.15) is 5.82 Å². The molecule has 1 fully saturated rings. The highest BCUT2D eigenvalue weighted by atomic mass is 16.5. The minimum atomic E-state index is -0.575. The largest absolute Gasteiger partial charge is 0.378 e. The van der Waals surface area contributed by atoms with Gasteiger partial charge in [0, 0.05) is 21.6 Å². The molecule has 7 nitrogen and oxygen atoms in total. The van der Waals surface area contributed by atoms with Crippen LogP contribution in [0.25, 0.3) is 22.2 Å². The third-order valence-corrected chi connectivity index (χ3v) is 4.35. The minimum Gasteiger partial charge on any atom is -0.378 e. The topological polar surface area (TPSA) is 93.4 Å². The van der Waals surface area contributed by atoms with Crippen LogP contribution in [-0.4, -0.2) is 42.3 Å². The van der Waals surface area contributed by atoms with Crippen LogP contribution in [0.15, 0.2) is 48.7 Å². The van der Waals surface area contributed by atoms with E-state index < -0.39 is 6.03 Å². The van der Waals surface area contributed by atoms with Crippen LogP contribution in [-0.2, 0) is 4.74 Å². The molecule has 1 aromatic heterocycles. The van der Waals surface area contributed by atoms with E-state index in [0.717, 1.165) is 41.1 Å². The van der Waals surface area contributed by atoms with Crippen molar-refractivity contribution in [3.63, 3.8) is 0 Å². The fraction of sp³-hybridized carbons (Fsp3) is 0.211. The number of hydrogen-bond donors (Lipinski definition) is 2. The molecule has 0 aliphatic carbocycles. The first-order valence-electron chi connectivity index (χ1n) is 8.45. The zero-order valence-electron chi connectivity index (χ0n) is 14.2. The average molecular weight is 353 g/mol. The molecule has 2 amide bonds. The number of anilines is 2. The summed E-state index contributed by atoms with van der Waals surface area (Å²) < 4.78 is 5.40. The van der Waals surface area contributed by atoms with E-state index in [9.17, 15) is 4.79 Å². The van der Waals surface area contributed by atoms with Crippen molar-refractivity contribution < 1.29 is 12.4 Å². The Morgan fingerprint density at radius 1 is 1.08 bits per heavy atom. The molecule has 2 heterocycles. The number of nitrogens with one attached hydrogen (secondary N) is 1. The number of hydrogen-bond acceptors (Lipinski definition) is 5. The molecule has 7 heteroatoms. The number of carbonyl (C=O) groups is 1. The summed E-state index contributed by atoms with van der Waals surface area (Å²) in [5, 5.41) is 2.56. The molecule has 3 aromatic rings. The second-order valence-electron chi connectivity index (χ2n) is 6.10. The SMILES string of the molecule is NC(=O)Nc1ccc(-c2ccc3ncc(N4CCOCC4)nc3c2)cc1.[HH].[HH]. The van der Waals surface area contributed by atoms with Gasteiger partial charge in [0.05, 0.1) is 30.4 Å². The van der Waals surface area contributed by atoms with Crippen molar-refractivity contribution in [1.82, 2.24) is 9.97 Å². The molecule has 0 atom stereocenters. The number of fused-ring (bicyclic) bond motifs is 1. The van der Waals surface area contributed by atoms with Crippen molar-refractivity contribution in [2.45, 2.75) is 0 Å². The first kappa shape index (κ1) is 16.3. The highest BCUT2D eigenvalue weighted by Gasteiger charge is 2.13. The van der Waals surface area contributed by atoms with E-state index in [2.05, 4.69) is 15.2 Å². The smallest absolute Gasteiger partial charge is 0.316 e. The summed E-state index contributed by atoms with van der Waals surface area (Å²) in [7, 11) is 0. The fourth-order valence-corrected chi connectivity index (χ4v) is 3.01. The minimum absolute atomic E-state index is 0. The second-order valence-corrected chi connectivity index (χ2v) is 6.10. The maximum absolute atomic E-state index is 10.9. The van der Waals surface area contributed by atoms with Crippen LogP contribution in [0.3, 0.4) is 0 Å². The molecule has 0 saturated carbocycles. The molecule has 26 heavy (non-hydrogen) atoms. The number of carbonyl (C=O) groups excluding carboxylic acids is 1. The highest BCUT2D eigenvalue weighted by molar-refractivity contribution is 5.88. The lowest BCUT2D eigenvalue weighted by molar-refractivity contribution is 0.122. The maximum Gasteiger partial charge on any atom is 0.316 e. The number of aromatic nitrogens is 2. The van der Waals surface area contributed by atoms with E-state index in [0.29, 0.717) is 18.9 Å². The number of ether oxygens (including phenoxy) is 1. The zero-order valence-corrected chi connectivity index (χ0v) is 14.2. The van der Waals surface area contributed by atoms with E-state index in [-0.39, 0.29) is 2.85 Å². The normalized spacial score (nSPS) is 14.4.